The fraction of sp³-hybridized carbons (Fsp3) is 0.778. The molecule has 1 amide bonds. The van der Waals surface area contributed by atoms with E-state index in [2.05, 4.69) is 36.4 Å². The second-order valence-electron chi connectivity index (χ2n) is 7.37. The maximum atomic E-state index is 12.0. The molecule has 2 heterocycles. The van der Waals surface area contributed by atoms with Crippen molar-refractivity contribution in [3.8, 4) is 0 Å². The first-order chi connectivity index (χ1) is 13.1. The number of carbonyl (C=O) groups is 1. The highest BCUT2D eigenvalue weighted by atomic mass is 127. The van der Waals surface area contributed by atoms with Crippen LogP contribution in [0.15, 0.2) is 4.99 Å². The molecule has 1 N–H and O–H groups in total. The van der Waals surface area contributed by atoms with Crippen LogP contribution in [0.4, 0.5) is 5.13 Å². The molecule has 158 valence electrons. The summed E-state index contributed by atoms with van der Waals surface area (Å²) in [5, 5.41) is 4.62. The Morgan fingerprint density at radius 2 is 1.93 bits per heavy atom. The highest BCUT2D eigenvalue weighted by Crippen LogP contribution is 2.20. The lowest BCUT2D eigenvalue weighted by Crippen LogP contribution is -2.54. The number of nitrogens with zero attached hydrogens (tertiary/aromatic N) is 6. The maximum absolute atomic E-state index is 12.0. The van der Waals surface area contributed by atoms with E-state index in [-0.39, 0.29) is 36.4 Å². The number of anilines is 1. The molecule has 1 aromatic rings. The van der Waals surface area contributed by atoms with Crippen molar-refractivity contribution >= 4 is 52.5 Å². The molecule has 0 aromatic carbocycles. The first kappa shape index (κ1) is 23.1. The Balaban J connectivity index is 0.00000280. The third-order valence-corrected chi connectivity index (χ3v) is 5.99. The number of aryl methyl sites for hydroxylation is 1. The van der Waals surface area contributed by atoms with Gasteiger partial charge >= 0.3 is 0 Å². The van der Waals surface area contributed by atoms with E-state index in [1.54, 1.807) is 19.0 Å². The lowest BCUT2D eigenvalue weighted by Gasteiger charge is -2.37. The summed E-state index contributed by atoms with van der Waals surface area (Å²) in [5.41, 5.74) is 0. The van der Waals surface area contributed by atoms with Crippen LogP contribution in [0.5, 0.6) is 0 Å². The maximum Gasteiger partial charge on any atom is 0.243 e. The molecule has 0 spiro atoms. The Kier molecular flexibility index (Phi) is 9.19. The van der Waals surface area contributed by atoms with E-state index in [0.717, 1.165) is 49.5 Å². The number of amides is 1. The molecular weight excluding hydrogens is 489 g/mol. The average molecular weight is 521 g/mol. The van der Waals surface area contributed by atoms with Crippen LogP contribution < -0.4 is 10.2 Å². The number of piperazine rings is 1. The first-order valence-electron chi connectivity index (χ1n) is 9.90. The van der Waals surface area contributed by atoms with Crippen LogP contribution in [0.25, 0.3) is 0 Å². The Morgan fingerprint density at radius 1 is 1.25 bits per heavy atom. The average Bonchev–Trinajstić information content (AvgIpc) is 3.36. The van der Waals surface area contributed by atoms with Crippen LogP contribution in [0.3, 0.4) is 0 Å². The molecule has 1 saturated heterocycles. The minimum atomic E-state index is 0. The van der Waals surface area contributed by atoms with E-state index in [9.17, 15) is 4.79 Å². The molecule has 3 rings (SSSR count). The molecule has 1 aromatic heterocycles. The molecular formula is C18H32IN7OS. The molecule has 0 unspecified atom stereocenters. The van der Waals surface area contributed by atoms with E-state index in [1.807, 2.05) is 0 Å². The normalized spacial score (nSPS) is 18.2. The third-order valence-electron chi connectivity index (χ3n) is 5.17. The molecule has 2 aliphatic rings. The molecule has 2 fully saturated rings. The Hall–Kier alpha value is -1.17. The van der Waals surface area contributed by atoms with Gasteiger partial charge in [0.15, 0.2) is 5.96 Å². The van der Waals surface area contributed by atoms with E-state index in [0.29, 0.717) is 6.04 Å². The molecule has 10 heteroatoms. The van der Waals surface area contributed by atoms with Gasteiger partial charge in [-0.3, -0.25) is 4.79 Å². The Morgan fingerprint density at radius 3 is 2.50 bits per heavy atom. The predicted octanol–water partition coefficient (Wildman–Crippen LogP) is 1.82. The number of aromatic nitrogens is 2. The number of likely N-dealkylation sites (N-methyl/N-ethyl adjacent to an activating group) is 1. The number of nitrogens with one attached hydrogen (secondary N) is 1. The number of carbonyl (C=O) groups excluding carboxylic acids is 1. The summed E-state index contributed by atoms with van der Waals surface area (Å²) >= 11 is 1.48. The summed E-state index contributed by atoms with van der Waals surface area (Å²) in [7, 11) is 3.54. The second kappa shape index (κ2) is 11.1. The number of hydrogen-bond acceptors (Lipinski definition) is 6. The zero-order valence-corrected chi connectivity index (χ0v) is 20.2. The summed E-state index contributed by atoms with van der Waals surface area (Å²) in [6.45, 7) is 5.80. The third kappa shape index (κ3) is 6.16. The van der Waals surface area contributed by atoms with E-state index in [4.69, 9.17) is 0 Å². The number of halogens is 1. The van der Waals surface area contributed by atoms with Crippen molar-refractivity contribution in [3.05, 3.63) is 5.82 Å². The van der Waals surface area contributed by atoms with E-state index in [1.165, 1.54) is 37.2 Å². The molecule has 1 saturated carbocycles. The number of hydrogen-bond donors (Lipinski definition) is 1. The highest BCUT2D eigenvalue weighted by molar-refractivity contribution is 14.0. The fourth-order valence-corrected chi connectivity index (χ4v) is 4.20. The SMILES string of the molecule is CCc1nsc(N2CCN(C(=NCC(=O)N(C)C)NC3CCCC3)CC2)n1.I. The van der Waals surface area contributed by atoms with Gasteiger partial charge < -0.3 is 20.0 Å². The standard InChI is InChI=1S/C18H31N7OS.HI/c1-4-15-21-18(27-22-15)25-11-9-24(10-12-25)17(19-13-16(26)23(2)3)20-14-7-5-6-8-14;/h14H,4-13H2,1-3H3,(H,19,20);1H. The van der Waals surface area contributed by atoms with Gasteiger partial charge in [0.05, 0.1) is 0 Å². The van der Waals surface area contributed by atoms with Crippen molar-refractivity contribution < 1.29 is 4.79 Å². The van der Waals surface area contributed by atoms with Crippen LogP contribution in [-0.4, -0.2) is 83.9 Å². The van der Waals surface area contributed by atoms with Gasteiger partial charge in [0.2, 0.25) is 11.0 Å². The Labute approximate surface area is 189 Å². The monoisotopic (exact) mass is 521 g/mol. The zero-order valence-electron chi connectivity index (χ0n) is 17.1. The predicted molar refractivity (Wildman–Crippen MR) is 125 cm³/mol. The molecule has 1 aliphatic carbocycles. The summed E-state index contributed by atoms with van der Waals surface area (Å²) in [6.07, 6.45) is 5.78. The number of aliphatic imine (C=N–C) groups is 1. The highest BCUT2D eigenvalue weighted by Gasteiger charge is 2.25. The van der Waals surface area contributed by atoms with Gasteiger partial charge in [-0.1, -0.05) is 19.8 Å². The van der Waals surface area contributed by atoms with Crippen LogP contribution in [0.1, 0.15) is 38.4 Å². The first-order valence-corrected chi connectivity index (χ1v) is 10.7. The van der Waals surface area contributed by atoms with Crippen LogP contribution >= 0.6 is 35.5 Å². The quantitative estimate of drug-likeness (QED) is 0.362. The lowest BCUT2D eigenvalue weighted by atomic mass is 10.2. The number of guanidine groups is 1. The second-order valence-corrected chi connectivity index (χ2v) is 8.10. The van der Waals surface area contributed by atoms with Gasteiger partial charge in [-0.15, -0.1) is 24.0 Å². The van der Waals surface area contributed by atoms with Gasteiger partial charge in [0, 0.05) is 64.3 Å². The van der Waals surface area contributed by atoms with Crippen molar-refractivity contribution in [2.45, 2.75) is 45.1 Å². The molecule has 0 radical (unpaired) electrons. The molecule has 0 atom stereocenters. The van der Waals surface area contributed by atoms with Crippen LogP contribution in [-0.2, 0) is 11.2 Å². The zero-order chi connectivity index (χ0) is 19.2. The van der Waals surface area contributed by atoms with Gasteiger partial charge in [0.1, 0.15) is 12.4 Å². The van der Waals surface area contributed by atoms with E-state index >= 15 is 0 Å². The Bertz CT molecular complexity index is 652. The van der Waals surface area contributed by atoms with Crippen LogP contribution in [0, 0.1) is 0 Å². The molecule has 8 nitrogen and oxygen atoms in total. The smallest absolute Gasteiger partial charge is 0.243 e. The number of rotatable bonds is 5. The minimum Gasteiger partial charge on any atom is -0.353 e. The van der Waals surface area contributed by atoms with Gasteiger partial charge in [-0.25, -0.2) is 9.98 Å². The van der Waals surface area contributed by atoms with Crippen molar-refractivity contribution in [2.75, 3.05) is 51.7 Å². The van der Waals surface area contributed by atoms with Crippen molar-refractivity contribution in [1.29, 1.82) is 0 Å². The summed E-state index contributed by atoms with van der Waals surface area (Å²) in [5.74, 6) is 1.83. The topological polar surface area (TPSA) is 77.0 Å². The summed E-state index contributed by atoms with van der Waals surface area (Å²) in [4.78, 5) is 27.4. The van der Waals surface area contributed by atoms with Gasteiger partial charge in [0.25, 0.3) is 0 Å². The van der Waals surface area contributed by atoms with Gasteiger partial charge in [-0.05, 0) is 12.8 Å². The lowest BCUT2D eigenvalue weighted by molar-refractivity contribution is -0.127. The van der Waals surface area contributed by atoms with Gasteiger partial charge in [-0.2, -0.15) is 4.37 Å². The van der Waals surface area contributed by atoms with Crippen molar-refractivity contribution in [2.24, 2.45) is 4.99 Å². The fourth-order valence-electron chi connectivity index (χ4n) is 3.40. The molecule has 28 heavy (non-hydrogen) atoms. The van der Waals surface area contributed by atoms with Crippen molar-refractivity contribution in [1.82, 2.24) is 24.5 Å². The summed E-state index contributed by atoms with van der Waals surface area (Å²) in [6, 6.07) is 0.478. The molecule has 0 bridgehead atoms. The van der Waals surface area contributed by atoms with Crippen LogP contribution in [0.2, 0.25) is 0 Å². The molecule has 1 aliphatic heterocycles. The largest absolute Gasteiger partial charge is 0.353 e. The summed E-state index contributed by atoms with van der Waals surface area (Å²) < 4.78 is 4.39. The van der Waals surface area contributed by atoms with Crippen molar-refractivity contribution in [3.63, 3.8) is 0 Å². The van der Waals surface area contributed by atoms with E-state index < -0.39 is 0 Å². The minimum absolute atomic E-state index is 0.